The first-order valence-corrected chi connectivity index (χ1v) is 10.4. The van der Waals surface area contributed by atoms with Gasteiger partial charge in [-0.1, -0.05) is 45.8 Å². The first kappa shape index (κ1) is 21.3. The summed E-state index contributed by atoms with van der Waals surface area (Å²) in [5.74, 6) is 1.11. The van der Waals surface area contributed by atoms with Crippen molar-refractivity contribution in [1.29, 1.82) is 0 Å². The van der Waals surface area contributed by atoms with Crippen molar-refractivity contribution in [3.05, 3.63) is 63.3 Å². The van der Waals surface area contributed by atoms with E-state index < -0.39 is 0 Å². The van der Waals surface area contributed by atoms with Gasteiger partial charge in [0.2, 0.25) is 0 Å². The molecule has 0 radical (unpaired) electrons. The molecule has 0 aliphatic carbocycles. The second-order valence-corrected chi connectivity index (χ2v) is 7.94. The Hall–Kier alpha value is -2.38. The number of hydrogen-bond acceptors (Lipinski definition) is 4. The van der Waals surface area contributed by atoms with E-state index in [1.54, 1.807) is 30.0 Å². The van der Waals surface area contributed by atoms with Crippen LogP contribution in [0.3, 0.4) is 0 Å². The van der Waals surface area contributed by atoms with Crippen LogP contribution in [0.5, 0.6) is 11.5 Å². The fourth-order valence-electron chi connectivity index (χ4n) is 3.02. The second-order valence-electron chi connectivity index (χ2n) is 6.72. The van der Waals surface area contributed by atoms with Crippen molar-refractivity contribution in [2.45, 2.75) is 20.5 Å². The summed E-state index contributed by atoms with van der Waals surface area (Å²) in [6, 6.07) is 11.9. The van der Waals surface area contributed by atoms with E-state index in [9.17, 15) is 4.79 Å². The number of thiocarbonyl (C=S) groups is 1. The van der Waals surface area contributed by atoms with Crippen LogP contribution >= 0.6 is 28.1 Å². The number of hydrogen-bond donors (Lipinski definition) is 0. The van der Waals surface area contributed by atoms with Crippen LogP contribution in [0.4, 0.5) is 0 Å². The molecule has 152 valence electrons. The van der Waals surface area contributed by atoms with Crippen LogP contribution in [0.1, 0.15) is 23.6 Å². The van der Waals surface area contributed by atoms with Gasteiger partial charge in [0, 0.05) is 18.1 Å². The van der Waals surface area contributed by atoms with Crippen LogP contribution < -0.4 is 9.47 Å². The summed E-state index contributed by atoms with van der Waals surface area (Å²) >= 11 is 8.94. The first-order chi connectivity index (χ1) is 13.8. The molecule has 0 N–H and O–H groups in total. The molecule has 0 spiro atoms. The molecule has 3 rings (SSSR count). The van der Waals surface area contributed by atoms with Gasteiger partial charge in [0.15, 0.2) is 16.6 Å². The van der Waals surface area contributed by atoms with Gasteiger partial charge in [0.25, 0.3) is 5.91 Å². The summed E-state index contributed by atoms with van der Waals surface area (Å²) in [5, 5.41) is 0.505. The number of carbonyl (C=O) groups excluding carboxylic acids is 1. The Morgan fingerprint density at radius 1 is 1.17 bits per heavy atom. The highest BCUT2D eigenvalue weighted by Gasteiger charge is 2.34. The number of rotatable bonds is 6. The first-order valence-electron chi connectivity index (χ1n) is 9.22. The lowest BCUT2D eigenvalue weighted by molar-refractivity contribution is -0.122. The highest BCUT2D eigenvalue weighted by molar-refractivity contribution is 9.10. The highest BCUT2D eigenvalue weighted by atomic mass is 79.9. The molecule has 1 heterocycles. The standard InChI is InChI=1S/C22H23BrN2O3S/c1-5-25-21(26)18(24(3)22(25)29)10-16-11-19(27-4)20(12-17(16)23)28-13-15-8-6-14(2)7-9-15/h6-12H,5,13H2,1-4H3/b18-10-. The second kappa shape index (κ2) is 8.97. The third-order valence-electron chi connectivity index (χ3n) is 4.75. The lowest BCUT2D eigenvalue weighted by Crippen LogP contribution is -2.30. The van der Waals surface area contributed by atoms with Gasteiger partial charge in [-0.05, 0) is 55.4 Å². The molecule has 1 aliphatic rings. The van der Waals surface area contributed by atoms with E-state index in [0.29, 0.717) is 35.5 Å². The molecule has 29 heavy (non-hydrogen) atoms. The summed E-state index contributed by atoms with van der Waals surface area (Å²) in [6.45, 7) is 4.93. The van der Waals surface area contributed by atoms with Gasteiger partial charge in [0.05, 0.1) is 7.11 Å². The van der Waals surface area contributed by atoms with Gasteiger partial charge in [-0.3, -0.25) is 9.69 Å². The highest BCUT2D eigenvalue weighted by Crippen LogP contribution is 2.36. The molecule has 0 atom stereocenters. The van der Waals surface area contributed by atoms with Gasteiger partial charge in [0.1, 0.15) is 12.3 Å². The summed E-state index contributed by atoms with van der Waals surface area (Å²) in [7, 11) is 3.39. The Balaban J connectivity index is 1.87. The van der Waals surface area contributed by atoms with Gasteiger partial charge in [-0.15, -0.1) is 0 Å². The molecule has 1 saturated heterocycles. The maximum atomic E-state index is 12.6. The predicted octanol–water partition coefficient (Wildman–Crippen LogP) is 4.76. The molecule has 2 aromatic rings. The maximum absolute atomic E-state index is 12.6. The smallest absolute Gasteiger partial charge is 0.276 e. The van der Waals surface area contributed by atoms with Crippen molar-refractivity contribution in [2.75, 3.05) is 20.7 Å². The molecule has 2 aromatic carbocycles. The van der Waals surface area contributed by atoms with E-state index in [2.05, 4.69) is 35.0 Å². The van der Waals surface area contributed by atoms with Crippen molar-refractivity contribution < 1.29 is 14.3 Å². The fourth-order valence-corrected chi connectivity index (χ4v) is 3.76. The molecule has 0 unspecified atom stereocenters. The third-order valence-corrected chi connectivity index (χ3v) is 5.93. The zero-order valence-corrected chi connectivity index (χ0v) is 19.3. The topological polar surface area (TPSA) is 42.0 Å². The number of halogens is 1. The van der Waals surface area contributed by atoms with Crippen molar-refractivity contribution in [1.82, 2.24) is 9.80 Å². The van der Waals surface area contributed by atoms with E-state index in [0.717, 1.165) is 15.6 Å². The van der Waals surface area contributed by atoms with Gasteiger partial charge in [-0.25, -0.2) is 0 Å². The predicted molar refractivity (Wildman–Crippen MR) is 122 cm³/mol. The summed E-state index contributed by atoms with van der Waals surface area (Å²) in [5.41, 5.74) is 3.61. The molecular weight excluding hydrogens is 452 g/mol. The Morgan fingerprint density at radius 3 is 2.45 bits per heavy atom. The molecule has 5 nitrogen and oxygen atoms in total. The van der Waals surface area contributed by atoms with E-state index in [4.69, 9.17) is 21.7 Å². The minimum atomic E-state index is -0.106. The Morgan fingerprint density at radius 2 is 1.86 bits per heavy atom. The van der Waals surface area contributed by atoms with Crippen LogP contribution in [0.25, 0.3) is 6.08 Å². The lowest BCUT2D eigenvalue weighted by atomic mass is 10.1. The Labute approximate surface area is 185 Å². The van der Waals surface area contributed by atoms with Crippen molar-refractivity contribution in [3.63, 3.8) is 0 Å². The Bertz CT molecular complexity index is 973. The van der Waals surface area contributed by atoms with E-state index >= 15 is 0 Å². The minimum absolute atomic E-state index is 0.106. The van der Waals surface area contributed by atoms with Crippen LogP contribution in [0, 0.1) is 6.92 Å². The average molecular weight is 475 g/mol. The van der Waals surface area contributed by atoms with Crippen molar-refractivity contribution in [3.8, 4) is 11.5 Å². The third kappa shape index (κ3) is 4.46. The average Bonchev–Trinajstić information content (AvgIpc) is 2.91. The lowest BCUT2D eigenvalue weighted by Gasteiger charge is -2.14. The van der Waals surface area contributed by atoms with Crippen LogP contribution in [-0.4, -0.2) is 41.5 Å². The number of amides is 1. The molecule has 1 amide bonds. The van der Waals surface area contributed by atoms with Crippen molar-refractivity contribution >= 4 is 45.2 Å². The van der Waals surface area contributed by atoms with E-state index in [1.807, 2.05) is 31.2 Å². The van der Waals surface area contributed by atoms with Crippen LogP contribution in [0.15, 0.2) is 46.6 Å². The van der Waals surface area contributed by atoms with E-state index in [1.165, 1.54) is 5.56 Å². The van der Waals surface area contributed by atoms with Crippen LogP contribution in [0.2, 0.25) is 0 Å². The number of likely N-dealkylation sites (N-methyl/N-ethyl adjacent to an activating group) is 2. The number of aryl methyl sites for hydroxylation is 1. The molecule has 1 fully saturated rings. The summed E-state index contributed by atoms with van der Waals surface area (Å²) in [6.07, 6.45) is 1.81. The monoisotopic (exact) mass is 474 g/mol. The van der Waals surface area contributed by atoms with E-state index in [-0.39, 0.29) is 5.91 Å². The maximum Gasteiger partial charge on any atom is 0.276 e. The van der Waals surface area contributed by atoms with Gasteiger partial charge in [-0.2, -0.15) is 0 Å². The SMILES string of the molecule is CCN1C(=O)/C(=C/c2cc(OC)c(OCc3ccc(C)cc3)cc2Br)N(C)C1=S. The zero-order chi connectivity index (χ0) is 21.1. The molecule has 0 aromatic heterocycles. The Kier molecular flexibility index (Phi) is 6.59. The number of ether oxygens (including phenoxy) is 2. The zero-order valence-electron chi connectivity index (χ0n) is 16.9. The summed E-state index contributed by atoms with van der Waals surface area (Å²) in [4.78, 5) is 15.9. The molecule has 1 aliphatic heterocycles. The molecule has 0 saturated carbocycles. The van der Waals surface area contributed by atoms with Gasteiger partial charge < -0.3 is 14.4 Å². The normalized spacial score (nSPS) is 15.4. The molecular formula is C22H23BrN2O3S. The molecule has 7 heteroatoms. The minimum Gasteiger partial charge on any atom is -0.493 e. The fraction of sp³-hybridized carbons (Fsp3) is 0.273. The number of benzene rings is 2. The molecule has 0 bridgehead atoms. The number of carbonyl (C=O) groups is 1. The number of methoxy groups -OCH3 is 1. The largest absolute Gasteiger partial charge is 0.493 e. The number of nitrogens with zero attached hydrogens (tertiary/aromatic N) is 2. The van der Waals surface area contributed by atoms with Crippen molar-refractivity contribution in [2.24, 2.45) is 0 Å². The van der Waals surface area contributed by atoms with Crippen LogP contribution in [-0.2, 0) is 11.4 Å². The van der Waals surface area contributed by atoms with Gasteiger partial charge >= 0.3 is 0 Å². The summed E-state index contributed by atoms with van der Waals surface area (Å²) < 4.78 is 12.3. The quantitative estimate of drug-likeness (QED) is 0.445.